The minimum absolute atomic E-state index is 0.172. The molecule has 2 atom stereocenters. The van der Waals surface area contributed by atoms with E-state index in [0.29, 0.717) is 34.7 Å². The molecule has 0 radical (unpaired) electrons. The summed E-state index contributed by atoms with van der Waals surface area (Å²) < 4.78 is 40.2. The lowest BCUT2D eigenvalue weighted by Crippen LogP contribution is -2.18. The van der Waals surface area contributed by atoms with E-state index in [4.69, 9.17) is 14.2 Å². The molecule has 1 amide bonds. The summed E-state index contributed by atoms with van der Waals surface area (Å²) in [7, 11) is -1.77. The van der Waals surface area contributed by atoms with Crippen LogP contribution in [0.2, 0.25) is 0 Å². The highest BCUT2D eigenvalue weighted by Crippen LogP contribution is 2.30. The Balaban J connectivity index is 1.87. The summed E-state index contributed by atoms with van der Waals surface area (Å²) in [6.45, 7) is 3.77. The molecule has 0 aliphatic rings. The lowest BCUT2D eigenvalue weighted by atomic mass is 10.2. The van der Waals surface area contributed by atoms with Gasteiger partial charge in [0.05, 0.1) is 23.3 Å². The number of methoxy groups -OCH3 is 1. The molecule has 0 saturated carbocycles. The molecule has 2 unspecified atom stereocenters. The van der Waals surface area contributed by atoms with Gasteiger partial charge in [-0.15, -0.1) is 11.3 Å². The lowest BCUT2D eigenvalue weighted by Gasteiger charge is -2.16. The van der Waals surface area contributed by atoms with Crippen molar-refractivity contribution in [3.8, 4) is 17.2 Å². The third-order valence-corrected chi connectivity index (χ3v) is 6.44. The number of carbonyl (C=O) groups is 1. The number of ether oxygens (including phenoxy) is 3. The molecule has 0 saturated heterocycles. The predicted octanol–water partition coefficient (Wildman–Crippen LogP) is 4.06. The summed E-state index contributed by atoms with van der Waals surface area (Å²) >= 11 is 1.20. The van der Waals surface area contributed by atoms with E-state index < -0.39 is 21.8 Å². The number of sulfone groups is 1. The fourth-order valence-electron chi connectivity index (χ4n) is 2.93. The van der Waals surface area contributed by atoms with Gasteiger partial charge in [0.15, 0.2) is 15.0 Å². The van der Waals surface area contributed by atoms with Gasteiger partial charge in [-0.25, -0.2) is 13.4 Å². The molecule has 0 aliphatic carbocycles. The van der Waals surface area contributed by atoms with Crippen molar-refractivity contribution >= 4 is 32.2 Å². The number of aliphatic hydroxyl groups excluding tert-OH is 1. The van der Waals surface area contributed by atoms with Gasteiger partial charge in [0, 0.05) is 30.4 Å². The SMILES string of the molecule is COCC(C)Oc1cc(Oc2ccc(S(C)(=O)=O)cc2)cc(C(=O)Nc2nc(C(C)O)cs2)c1. The van der Waals surface area contributed by atoms with E-state index in [1.807, 2.05) is 6.92 Å². The quantitative estimate of drug-likeness (QED) is 0.422. The normalized spacial score (nSPS) is 13.2. The van der Waals surface area contributed by atoms with Crippen molar-refractivity contribution in [1.29, 1.82) is 0 Å². The van der Waals surface area contributed by atoms with Gasteiger partial charge in [0.25, 0.3) is 5.91 Å². The van der Waals surface area contributed by atoms with Gasteiger partial charge in [-0.2, -0.15) is 0 Å². The van der Waals surface area contributed by atoms with Crippen LogP contribution in [-0.4, -0.2) is 50.5 Å². The van der Waals surface area contributed by atoms with Crippen molar-refractivity contribution in [3.63, 3.8) is 0 Å². The van der Waals surface area contributed by atoms with Crippen LogP contribution in [0.4, 0.5) is 5.13 Å². The van der Waals surface area contributed by atoms with Gasteiger partial charge >= 0.3 is 0 Å². The van der Waals surface area contributed by atoms with Crippen LogP contribution in [0.15, 0.2) is 52.7 Å². The topological polar surface area (TPSA) is 124 Å². The highest BCUT2D eigenvalue weighted by molar-refractivity contribution is 7.90. The lowest BCUT2D eigenvalue weighted by molar-refractivity contribution is 0.0916. The molecule has 3 rings (SSSR count). The number of hydrogen-bond donors (Lipinski definition) is 2. The molecular weight excluding hydrogens is 480 g/mol. The van der Waals surface area contributed by atoms with Crippen molar-refractivity contribution < 1.29 is 32.5 Å². The summed E-state index contributed by atoms with van der Waals surface area (Å²) in [6.07, 6.45) is 0.107. The number of amides is 1. The zero-order valence-corrected chi connectivity index (χ0v) is 20.8. The first kappa shape index (κ1) is 25.6. The van der Waals surface area contributed by atoms with Crippen LogP contribution in [-0.2, 0) is 14.6 Å². The van der Waals surface area contributed by atoms with Crippen LogP contribution in [0.1, 0.15) is 36.0 Å². The number of nitrogens with one attached hydrogen (secondary N) is 1. The van der Waals surface area contributed by atoms with Gasteiger partial charge < -0.3 is 19.3 Å². The molecular formula is C23H26N2O7S2. The van der Waals surface area contributed by atoms with E-state index in [1.54, 1.807) is 31.5 Å². The number of aliphatic hydroxyl groups is 1. The van der Waals surface area contributed by atoms with Gasteiger partial charge in [-0.05, 0) is 50.2 Å². The van der Waals surface area contributed by atoms with Gasteiger partial charge in [0.2, 0.25) is 0 Å². The van der Waals surface area contributed by atoms with Crippen molar-refractivity contribution in [2.75, 3.05) is 25.3 Å². The second-order valence-electron chi connectivity index (χ2n) is 7.63. The maximum absolute atomic E-state index is 12.9. The van der Waals surface area contributed by atoms with Gasteiger partial charge in [0.1, 0.15) is 23.4 Å². The number of aromatic nitrogens is 1. The average Bonchev–Trinajstić information content (AvgIpc) is 3.22. The molecule has 0 fully saturated rings. The first-order chi connectivity index (χ1) is 16.0. The Bertz CT molecular complexity index is 1240. The minimum atomic E-state index is -3.33. The Morgan fingerprint density at radius 2 is 1.79 bits per heavy atom. The maximum Gasteiger partial charge on any atom is 0.257 e. The highest BCUT2D eigenvalue weighted by Gasteiger charge is 2.16. The fourth-order valence-corrected chi connectivity index (χ4v) is 4.35. The summed E-state index contributed by atoms with van der Waals surface area (Å²) in [5.41, 5.74) is 0.728. The second kappa shape index (κ2) is 11.0. The summed E-state index contributed by atoms with van der Waals surface area (Å²) in [4.78, 5) is 17.3. The van der Waals surface area contributed by atoms with Crippen LogP contribution in [0.3, 0.4) is 0 Å². The average molecular weight is 507 g/mol. The molecule has 0 aliphatic heterocycles. The number of thiazole rings is 1. The largest absolute Gasteiger partial charge is 0.488 e. The number of anilines is 1. The Hall–Kier alpha value is -2.99. The first-order valence-electron chi connectivity index (χ1n) is 10.3. The van der Waals surface area contributed by atoms with Crippen LogP contribution in [0.25, 0.3) is 0 Å². The second-order valence-corrected chi connectivity index (χ2v) is 10.5. The monoisotopic (exact) mass is 506 g/mol. The predicted molar refractivity (Wildman–Crippen MR) is 129 cm³/mol. The fraction of sp³-hybridized carbons (Fsp3) is 0.304. The number of nitrogens with zero attached hydrogens (tertiary/aromatic N) is 1. The number of carbonyl (C=O) groups excluding carboxylic acids is 1. The Morgan fingerprint density at radius 1 is 1.12 bits per heavy atom. The molecule has 1 heterocycles. The molecule has 1 aromatic heterocycles. The van der Waals surface area contributed by atoms with E-state index in [2.05, 4.69) is 10.3 Å². The maximum atomic E-state index is 12.9. The van der Waals surface area contributed by atoms with E-state index in [1.165, 1.54) is 41.7 Å². The van der Waals surface area contributed by atoms with E-state index in [0.717, 1.165) is 6.26 Å². The molecule has 11 heteroatoms. The molecule has 0 bridgehead atoms. The zero-order chi connectivity index (χ0) is 24.9. The molecule has 2 aromatic carbocycles. The number of benzene rings is 2. The molecule has 34 heavy (non-hydrogen) atoms. The molecule has 9 nitrogen and oxygen atoms in total. The smallest absolute Gasteiger partial charge is 0.257 e. The third kappa shape index (κ3) is 7.00. The van der Waals surface area contributed by atoms with E-state index in [9.17, 15) is 18.3 Å². The van der Waals surface area contributed by atoms with Crippen LogP contribution in [0.5, 0.6) is 17.2 Å². The van der Waals surface area contributed by atoms with Crippen molar-refractivity contribution in [2.24, 2.45) is 0 Å². The van der Waals surface area contributed by atoms with E-state index in [-0.39, 0.29) is 16.6 Å². The molecule has 0 spiro atoms. The van der Waals surface area contributed by atoms with Crippen molar-refractivity contribution in [2.45, 2.75) is 31.0 Å². The van der Waals surface area contributed by atoms with Gasteiger partial charge in [-0.3, -0.25) is 10.1 Å². The molecule has 182 valence electrons. The molecule has 3 aromatic rings. The summed E-state index contributed by atoms with van der Waals surface area (Å²) in [5.74, 6) is 0.669. The third-order valence-electron chi connectivity index (χ3n) is 4.54. The minimum Gasteiger partial charge on any atom is -0.488 e. The summed E-state index contributed by atoms with van der Waals surface area (Å²) in [5, 5.41) is 14.4. The number of rotatable bonds is 10. The Kier molecular flexibility index (Phi) is 8.26. The van der Waals surface area contributed by atoms with E-state index >= 15 is 0 Å². The number of hydrogen-bond acceptors (Lipinski definition) is 9. The standard InChI is InChI=1S/C23H26N2O7S2/c1-14(12-30-3)31-18-9-16(22(27)25-23-24-21(13-33-23)15(2)26)10-19(11-18)32-17-5-7-20(8-6-17)34(4,28)29/h5-11,13-15,26H,12H2,1-4H3,(H,24,25,27). The Labute approximate surface area is 202 Å². The summed E-state index contributed by atoms with van der Waals surface area (Å²) in [6, 6.07) is 10.7. The van der Waals surface area contributed by atoms with Gasteiger partial charge in [-0.1, -0.05) is 0 Å². The van der Waals surface area contributed by atoms with Crippen LogP contribution >= 0.6 is 11.3 Å². The molecule has 2 N–H and O–H groups in total. The van der Waals surface area contributed by atoms with Crippen molar-refractivity contribution in [3.05, 3.63) is 59.1 Å². The zero-order valence-electron chi connectivity index (χ0n) is 19.1. The Morgan fingerprint density at radius 3 is 2.38 bits per heavy atom. The van der Waals surface area contributed by atoms with Crippen molar-refractivity contribution in [1.82, 2.24) is 4.98 Å². The van der Waals surface area contributed by atoms with Crippen LogP contribution < -0.4 is 14.8 Å². The van der Waals surface area contributed by atoms with Crippen LogP contribution in [0, 0.1) is 0 Å². The highest BCUT2D eigenvalue weighted by atomic mass is 32.2. The first-order valence-corrected chi connectivity index (χ1v) is 13.1.